The highest BCUT2D eigenvalue weighted by Crippen LogP contribution is 2.20. The molecule has 7 nitrogen and oxygen atoms in total. The monoisotopic (exact) mass is 403 g/mol. The molecule has 8 heteroatoms. The lowest BCUT2D eigenvalue weighted by atomic mass is 10.2. The van der Waals surface area contributed by atoms with E-state index in [1.165, 1.54) is 37.3 Å². The molecule has 0 aliphatic rings. The van der Waals surface area contributed by atoms with Gasteiger partial charge in [-0.05, 0) is 49.8 Å². The van der Waals surface area contributed by atoms with Gasteiger partial charge in [-0.2, -0.15) is 8.42 Å². The molecule has 0 bridgehead atoms. The Morgan fingerprint density at radius 3 is 2.18 bits per heavy atom. The molecule has 148 valence electrons. The second-order valence-electron chi connectivity index (χ2n) is 5.88. The van der Waals surface area contributed by atoms with Gasteiger partial charge in [0.15, 0.2) is 0 Å². The normalized spacial score (nSPS) is 11.6. The Morgan fingerprint density at radius 1 is 1.04 bits per heavy atom. The summed E-state index contributed by atoms with van der Waals surface area (Å²) in [6, 6.07) is 12.3. The number of hydrogen-bond donors (Lipinski definition) is 1. The lowest BCUT2D eigenvalue weighted by molar-refractivity contribution is -0.139. The predicted molar refractivity (Wildman–Crippen MR) is 104 cm³/mol. The average molecular weight is 403 g/mol. The molecule has 0 unspecified atom stereocenters. The maximum absolute atomic E-state index is 12.3. The molecule has 1 amide bonds. The molecule has 0 aliphatic carbocycles. The van der Waals surface area contributed by atoms with Gasteiger partial charge in [0.25, 0.3) is 0 Å². The van der Waals surface area contributed by atoms with Gasteiger partial charge in [-0.3, -0.25) is 4.79 Å². The summed E-state index contributed by atoms with van der Waals surface area (Å²) >= 11 is 0. The first-order valence-electron chi connectivity index (χ1n) is 8.49. The number of ether oxygens (including phenoxy) is 1. The first-order valence-corrected chi connectivity index (χ1v) is 9.89. The van der Waals surface area contributed by atoms with Crippen LogP contribution >= 0.6 is 0 Å². The quantitative estimate of drug-likeness (QED) is 0.434. The highest BCUT2D eigenvalue weighted by Gasteiger charge is 2.16. The summed E-state index contributed by atoms with van der Waals surface area (Å²) < 4.78 is 34.7. The van der Waals surface area contributed by atoms with Crippen molar-refractivity contribution in [1.29, 1.82) is 0 Å². The van der Waals surface area contributed by atoms with E-state index in [4.69, 9.17) is 8.92 Å². The average Bonchev–Trinajstić information content (AvgIpc) is 2.62. The fourth-order valence-corrected chi connectivity index (χ4v) is 3.14. The predicted octanol–water partition coefficient (Wildman–Crippen LogP) is 2.80. The summed E-state index contributed by atoms with van der Waals surface area (Å²) in [5.74, 6) is -0.960. The van der Waals surface area contributed by atoms with E-state index in [9.17, 15) is 18.0 Å². The number of esters is 1. The topological polar surface area (TPSA) is 98.8 Å². The van der Waals surface area contributed by atoms with Crippen LogP contribution in [-0.4, -0.2) is 26.9 Å². The second-order valence-corrected chi connectivity index (χ2v) is 7.43. The van der Waals surface area contributed by atoms with Crippen molar-refractivity contribution >= 4 is 28.1 Å². The Labute approximate surface area is 164 Å². The zero-order valence-electron chi connectivity index (χ0n) is 15.8. The molecule has 1 N–H and O–H groups in total. The Hall–Kier alpha value is -3.13. The van der Waals surface area contributed by atoms with Crippen molar-refractivity contribution in [2.45, 2.75) is 25.7 Å². The summed E-state index contributed by atoms with van der Waals surface area (Å²) in [7, 11) is -3.95. The van der Waals surface area contributed by atoms with Gasteiger partial charge in [0.05, 0.1) is 6.61 Å². The molecule has 0 aromatic heterocycles. The van der Waals surface area contributed by atoms with Crippen molar-refractivity contribution in [3.63, 3.8) is 0 Å². The van der Waals surface area contributed by atoms with Gasteiger partial charge in [-0.1, -0.05) is 29.8 Å². The molecule has 28 heavy (non-hydrogen) atoms. The summed E-state index contributed by atoms with van der Waals surface area (Å²) in [6.07, 6.45) is 1.43. The number of nitrogens with one attached hydrogen (secondary N) is 1. The van der Waals surface area contributed by atoms with E-state index in [1.54, 1.807) is 31.2 Å². The standard InChI is InChI=1S/C20H21NO6S/c1-4-26-20(23)19(21-15(3)22)13-16-7-9-17(10-8-16)27-28(24,25)18-11-5-14(2)6-12-18/h5-13H,4H2,1-3H3,(H,21,22). The smallest absolute Gasteiger partial charge is 0.354 e. The summed E-state index contributed by atoms with van der Waals surface area (Å²) in [5, 5.41) is 2.41. The third kappa shape index (κ3) is 5.95. The maximum atomic E-state index is 12.3. The third-order valence-corrected chi connectivity index (χ3v) is 4.77. The summed E-state index contributed by atoms with van der Waals surface area (Å²) in [5.41, 5.74) is 1.47. The van der Waals surface area contributed by atoms with Crippen LogP contribution in [0.1, 0.15) is 25.0 Å². The van der Waals surface area contributed by atoms with Crippen molar-refractivity contribution in [1.82, 2.24) is 5.32 Å². The molecule has 0 saturated heterocycles. The van der Waals surface area contributed by atoms with Gasteiger partial charge in [0.1, 0.15) is 16.3 Å². The van der Waals surface area contributed by atoms with Crippen LogP contribution in [0.15, 0.2) is 59.1 Å². The largest absolute Gasteiger partial charge is 0.461 e. The van der Waals surface area contributed by atoms with Crippen LogP contribution in [0.4, 0.5) is 0 Å². The van der Waals surface area contributed by atoms with Crippen molar-refractivity contribution < 1.29 is 26.9 Å². The van der Waals surface area contributed by atoms with Crippen LogP contribution in [0.25, 0.3) is 6.08 Å². The van der Waals surface area contributed by atoms with E-state index in [0.29, 0.717) is 5.56 Å². The number of aryl methyl sites for hydroxylation is 1. The SMILES string of the molecule is CCOC(=O)C(=Cc1ccc(OS(=O)(=O)c2ccc(C)cc2)cc1)NC(C)=O. The number of carbonyl (C=O) groups excluding carboxylic acids is 2. The molecule has 0 fully saturated rings. The second kappa shape index (κ2) is 9.18. The first kappa shape index (κ1) is 21.2. The minimum absolute atomic E-state index is 0.0182. The minimum atomic E-state index is -3.95. The van der Waals surface area contributed by atoms with Crippen molar-refractivity contribution in [2.75, 3.05) is 6.61 Å². The van der Waals surface area contributed by atoms with E-state index < -0.39 is 22.0 Å². The highest BCUT2D eigenvalue weighted by atomic mass is 32.2. The number of benzene rings is 2. The van der Waals surface area contributed by atoms with Gasteiger partial charge in [0, 0.05) is 6.92 Å². The Morgan fingerprint density at radius 2 is 1.64 bits per heavy atom. The first-order chi connectivity index (χ1) is 13.2. The van der Waals surface area contributed by atoms with Crippen LogP contribution in [0, 0.1) is 6.92 Å². The van der Waals surface area contributed by atoms with Crippen molar-refractivity contribution in [3.8, 4) is 5.75 Å². The van der Waals surface area contributed by atoms with Crippen LogP contribution in [0.5, 0.6) is 5.75 Å². The van der Waals surface area contributed by atoms with Gasteiger partial charge in [-0.25, -0.2) is 4.79 Å². The fourth-order valence-electron chi connectivity index (χ4n) is 2.21. The number of amides is 1. The van der Waals surface area contributed by atoms with Gasteiger partial charge in [-0.15, -0.1) is 0 Å². The number of hydrogen-bond acceptors (Lipinski definition) is 6. The molecule has 2 aromatic rings. The molecule has 0 spiro atoms. The molecule has 2 aromatic carbocycles. The van der Waals surface area contributed by atoms with Gasteiger partial charge >= 0.3 is 16.1 Å². The van der Waals surface area contributed by atoms with E-state index in [2.05, 4.69) is 5.32 Å². The third-order valence-electron chi connectivity index (χ3n) is 3.51. The fraction of sp³-hybridized carbons (Fsp3) is 0.200. The summed E-state index contributed by atoms with van der Waals surface area (Å²) in [4.78, 5) is 23.2. The highest BCUT2D eigenvalue weighted by molar-refractivity contribution is 7.87. The zero-order valence-corrected chi connectivity index (χ0v) is 16.6. The minimum Gasteiger partial charge on any atom is -0.461 e. The lowest BCUT2D eigenvalue weighted by Gasteiger charge is -2.09. The van der Waals surface area contributed by atoms with Gasteiger partial charge < -0.3 is 14.2 Å². The van der Waals surface area contributed by atoms with E-state index in [-0.39, 0.29) is 22.9 Å². The van der Waals surface area contributed by atoms with Crippen LogP contribution in [-0.2, 0) is 24.4 Å². The van der Waals surface area contributed by atoms with Gasteiger partial charge in [0.2, 0.25) is 5.91 Å². The molecule has 0 radical (unpaired) electrons. The van der Waals surface area contributed by atoms with E-state index >= 15 is 0 Å². The molecular formula is C20H21NO6S. The number of carbonyl (C=O) groups is 2. The Balaban J connectivity index is 2.20. The molecule has 0 saturated carbocycles. The number of rotatable bonds is 7. The maximum Gasteiger partial charge on any atom is 0.354 e. The Kier molecular flexibility index (Phi) is 6.94. The molecular weight excluding hydrogens is 382 g/mol. The lowest BCUT2D eigenvalue weighted by Crippen LogP contribution is -2.26. The van der Waals surface area contributed by atoms with Crippen LogP contribution in [0.3, 0.4) is 0 Å². The van der Waals surface area contributed by atoms with Crippen molar-refractivity contribution in [2.24, 2.45) is 0 Å². The van der Waals surface area contributed by atoms with Crippen LogP contribution in [0.2, 0.25) is 0 Å². The van der Waals surface area contributed by atoms with E-state index in [0.717, 1.165) is 5.56 Å². The molecule has 0 aliphatic heterocycles. The Bertz CT molecular complexity index is 976. The molecule has 0 heterocycles. The molecule has 2 rings (SSSR count). The van der Waals surface area contributed by atoms with Crippen LogP contribution < -0.4 is 9.50 Å². The van der Waals surface area contributed by atoms with E-state index in [1.807, 2.05) is 6.92 Å². The zero-order chi connectivity index (χ0) is 20.7. The van der Waals surface area contributed by atoms with Crippen molar-refractivity contribution in [3.05, 3.63) is 65.4 Å². The molecule has 0 atom stereocenters. The summed E-state index contributed by atoms with van der Waals surface area (Å²) in [6.45, 7) is 4.96.